The standard InChI is InChI=1S/C32H38F4N4O2/c1-21-24(11-7-12-27(21)33)29-25(30(41)23-10-6-9-22(17-23)18-37)19-39(15-5-4-14-38(2)3)20-26(29)31(42)40-16-8-13-28(40)32(34,35)36/h6-7,9-12,17,25-26,28-29H,4-5,8,13-16,19-20H2,1-3H3/t25-,26+,28-,29+/m0/s1. The van der Waals surface area contributed by atoms with Gasteiger partial charge in [0.05, 0.1) is 17.6 Å². The lowest BCUT2D eigenvalue weighted by molar-refractivity contribution is -0.185. The molecule has 2 aromatic rings. The monoisotopic (exact) mass is 586 g/mol. The Bertz CT molecular complexity index is 1320. The molecular formula is C32H38F4N4O2. The second-order valence-corrected chi connectivity index (χ2v) is 11.8. The molecular weight excluding hydrogens is 548 g/mol. The fraction of sp³-hybridized carbons (Fsp3) is 0.531. The van der Waals surface area contributed by atoms with Gasteiger partial charge in [-0.1, -0.05) is 24.3 Å². The van der Waals surface area contributed by atoms with Crippen LogP contribution in [-0.4, -0.2) is 85.4 Å². The zero-order valence-corrected chi connectivity index (χ0v) is 24.3. The molecule has 0 aliphatic carbocycles. The first-order valence-corrected chi connectivity index (χ1v) is 14.5. The van der Waals surface area contributed by atoms with Crippen molar-refractivity contribution in [3.63, 3.8) is 0 Å². The smallest absolute Gasteiger partial charge is 0.330 e. The SMILES string of the molecule is Cc1c(F)cccc1[C@@H]1[C@@H](C(=O)c2cccc(C#N)c2)CN(CCCCN(C)C)C[C@H]1C(=O)N1CCC[C@H]1C(F)(F)F. The number of piperidine rings is 1. The molecule has 0 saturated carbocycles. The van der Waals surface area contributed by atoms with Crippen LogP contribution in [0.1, 0.15) is 58.6 Å². The largest absolute Gasteiger partial charge is 0.408 e. The Kier molecular flexibility index (Phi) is 10.1. The molecule has 1 amide bonds. The van der Waals surface area contributed by atoms with Gasteiger partial charge in [0.15, 0.2) is 5.78 Å². The summed E-state index contributed by atoms with van der Waals surface area (Å²) in [5, 5.41) is 9.42. The number of likely N-dealkylation sites (tertiary alicyclic amines) is 2. The molecule has 0 N–H and O–H groups in total. The highest BCUT2D eigenvalue weighted by Crippen LogP contribution is 2.44. The number of amides is 1. The summed E-state index contributed by atoms with van der Waals surface area (Å²) < 4.78 is 56.8. The maximum Gasteiger partial charge on any atom is 0.408 e. The lowest BCUT2D eigenvalue weighted by Crippen LogP contribution is -2.55. The summed E-state index contributed by atoms with van der Waals surface area (Å²) in [6.45, 7) is 3.42. The van der Waals surface area contributed by atoms with Crippen molar-refractivity contribution >= 4 is 11.7 Å². The van der Waals surface area contributed by atoms with Crippen LogP contribution in [0.5, 0.6) is 0 Å². The summed E-state index contributed by atoms with van der Waals surface area (Å²) >= 11 is 0. The number of carbonyl (C=O) groups excluding carboxylic acids is 2. The molecule has 4 rings (SSSR count). The molecule has 0 bridgehead atoms. The number of unbranched alkanes of at least 4 members (excludes halogenated alkanes) is 1. The van der Waals surface area contributed by atoms with Crippen molar-refractivity contribution in [2.24, 2.45) is 11.8 Å². The molecule has 0 aromatic heterocycles. The van der Waals surface area contributed by atoms with Crippen molar-refractivity contribution in [3.05, 3.63) is 70.5 Å². The van der Waals surface area contributed by atoms with Crippen molar-refractivity contribution in [1.82, 2.24) is 14.7 Å². The van der Waals surface area contributed by atoms with Gasteiger partial charge >= 0.3 is 6.18 Å². The van der Waals surface area contributed by atoms with Crippen LogP contribution in [0.25, 0.3) is 0 Å². The molecule has 2 aliphatic heterocycles. The molecule has 2 heterocycles. The van der Waals surface area contributed by atoms with Crippen LogP contribution in [0, 0.1) is 35.9 Å². The van der Waals surface area contributed by atoms with E-state index in [2.05, 4.69) is 4.90 Å². The van der Waals surface area contributed by atoms with Crippen molar-refractivity contribution in [3.8, 4) is 6.07 Å². The van der Waals surface area contributed by atoms with E-state index < -0.39 is 41.7 Å². The Morgan fingerprint density at radius 3 is 2.48 bits per heavy atom. The predicted molar refractivity (Wildman–Crippen MR) is 151 cm³/mol. The maximum absolute atomic E-state index is 14.9. The van der Waals surface area contributed by atoms with Gasteiger partial charge in [0.25, 0.3) is 0 Å². The molecule has 42 heavy (non-hydrogen) atoms. The first-order chi connectivity index (χ1) is 19.9. The van der Waals surface area contributed by atoms with Gasteiger partial charge in [-0.05, 0) is 89.1 Å². The van der Waals surface area contributed by atoms with E-state index in [1.165, 1.54) is 18.2 Å². The topological polar surface area (TPSA) is 67.6 Å². The fourth-order valence-electron chi connectivity index (χ4n) is 6.52. The highest BCUT2D eigenvalue weighted by Gasteiger charge is 2.52. The molecule has 2 saturated heterocycles. The third-order valence-electron chi connectivity index (χ3n) is 8.62. The van der Waals surface area contributed by atoms with Crippen LogP contribution in [0.15, 0.2) is 42.5 Å². The van der Waals surface area contributed by atoms with Crippen LogP contribution >= 0.6 is 0 Å². The molecule has 10 heteroatoms. The Balaban J connectivity index is 1.79. The number of Topliss-reactive ketones (excluding diaryl/α,β-unsaturated/α-hetero) is 1. The number of halogens is 4. The highest BCUT2D eigenvalue weighted by atomic mass is 19.4. The number of carbonyl (C=O) groups is 2. The van der Waals surface area contributed by atoms with Crippen molar-refractivity contribution in [2.45, 2.75) is 50.7 Å². The van der Waals surface area contributed by atoms with Gasteiger partial charge in [-0.3, -0.25) is 9.59 Å². The Morgan fingerprint density at radius 2 is 1.79 bits per heavy atom. The second-order valence-electron chi connectivity index (χ2n) is 11.8. The van der Waals surface area contributed by atoms with Crippen LogP contribution in [-0.2, 0) is 4.79 Å². The van der Waals surface area contributed by atoms with Crippen molar-refractivity contribution < 1.29 is 27.2 Å². The molecule has 226 valence electrons. The van der Waals surface area contributed by atoms with Crippen molar-refractivity contribution in [2.75, 3.05) is 46.8 Å². The Labute approximate surface area is 244 Å². The van der Waals surface area contributed by atoms with Crippen LogP contribution in [0.4, 0.5) is 17.6 Å². The lowest BCUT2D eigenvalue weighted by atomic mass is 9.69. The summed E-state index contributed by atoms with van der Waals surface area (Å²) in [5.41, 5.74) is 1.32. The van der Waals surface area contributed by atoms with E-state index >= 15 is 0 Å². The van der Waals surface area contributed by atoms with E-state index in [0.717, 1.165) is 24.3 Å². The van der Waals surface area contributed by atoms with Gasteiger partial charge < -0.3 is 14.7 Å². The molecule has 6 nitrogen and oxygen atoms in total. The van der Waals surface area contributed by atoms with Crippen LogP contribution in [0.2, 0.25) is 0 Å². The molecule has 2 fully saturated rings. The van der Waals surface area contributed by atoms with E-state index in [1.54, 1.807) is 31.2 Å². The molecule has 2 aliphatic rings. The van der Waals surface area contributed by atoms with Crippen molar-refractivity contribution in [1.29, 1.82) is 5.26 Å². The van der Waals surface area contributed by atoms with E-state index in [1.807, 2.05) is 25.1 Å². The number of hydrogen-bond acceptors (Lipinski definition) is 5. The average molecular weight is 587 g/mol. The first-order valence-electron chi connectivity index (χ1n) is 14.5. The molecule has 0 radical (unpaired) electrons. The Hall–Kier alpha value is -3.29. The van der Waals surface area contributed by atoms with E-state index in [-0.39, 0.29) is 49.4 Å². The number of hydrogen-bond donors (Lipinski definition) is 0. The first kappa shape index (κ1) is 31.6. The van der Waals surface area contributed by atoms with Crippen LogP contribution < -0.4 is 0 Å². The summed E-state index contributed by atoms with van der Waals surface area (Å²) in [4.78, 5) is 33.3. The number of benzene rings is 2. The quantitative estimate of drug-likeness (QED) is 0.223. The summed E-state index contributed by atoms with van der Waals surface area (Å²) in [5.74, 6) is -4.11. The highest BCUT2D eigenvalue weighted by molar-refractivity contribution is 5.99. The minimum absolute atomic E-state index is 0.0139. The molecule has 4 atom stereocenters. The summed E-state index contributed by atoms with van der Waals surface area (Å²) in [6.07, 6.45) is -2.83. The fourth-order valence-corrected chi connectivity index (χ4v) is 6.52. The van der Waals surface area contributed by atoms with Crippen LogP contribution in [0.3, 0.4) is 0 Å². The number of nitrogens with zero attached hydrogens (tertiary/aromatic N) is 4. The predicted octanol–water partition coefficient (Wildman–Crippen LogP) is 5.42. The van der Waals surface area contributed by atoms with E-state index in [4.69, 9.17) is 0 Å². The number of alkyl halides is 3. The van der Waals surface area contributed by atoms with Gasteiger partial charge in [-0.2, -0.15) is 18.4 Å². The van der Waals surface area contributed by atoms with Gasteiger partial charge in [0.1, 0.15) is 11.9 Å². The molecule has 2 aromatic carbocycles. The lowest BCUT2D eigenvalue weighted by Gasteiger charge is -2.45. The van der Waals surface area contributed by atoms with Gasteiger partial charge in [0.2, 0.25) is 5.91 Å². The Morgan fingerprint density at radius 1 is 1.07 bits per heavy atom. The number of nitriles is 1. The van der Waals surface area contributed by atoms with Gasteiger partial charge in [0, 0.05) is 37.0 Å². The summed E-state index contributed by atoms with van der Waals surface area (Å²) in [6, 6.07) is 10.9. The maximum atomic E-state index is 14.9. The summed E-state index contributed by atoms with van der Waals surface area (Å²) in [7, 11) is 3.94. The van der Waals surface area contributed by atoms with E-state index in [0.29, 0.717) is 17.7 Å². The number of rotatable bonds is 9. The average Bonchev–Trinajstić information content (AvgIpc) is 3.47. The third-order valence-corrected chi connectivity index (χ3v) is 8.62. The minimum Gasteiger partial charge on any atom is -0.330 e. The van der Waals surface area contributed by atoms with Gasteiger partial charge in [-0.15, -0.1) is 0 Å². The normalized spacial score (nSPS) is 23.3. The molecule has 0 spiro atoms. The second kappa shape index (κ2) is 13.3. The zero-order valence-electron chi connectivity index (χ0n) is 24.3. The molecule has 0 unspecified atom stereocenters. The minimum atomic E-state index is -4.57. The van der Waals surface area contributed by atoms with Gasteiger partial charge in [-0.25, -0.2) is 4.39 Å². The third kappa shape index (κ3) is 7.01. The van der Waals surface area contributed by atoms with E-state index in [9.17, 15) is 32.4 Å². The zero-order chi connectivity index (χ0) is 30.6. The number of ketones is 1.